The Kier molecular flexibility index (Phi) is 5.49. The topological polar surface area (TPSA) is 46.8 Å². The predicted octanol–water partition coefficient (Wildman–Crippen LogP) is 4.65. The van der Waals surface area contributed by atoms with Gasteiger partial charge >= 0.3 is 6.18 Å². The summed E-state index contributed by atoms with van der Waals surface area (Å²) in [6.07, 6.45) is 1.35. The van der Waals surface area contributed by atoms with Crippen LogP contribution in [-0.2, 0) is 18.6 Å². The first-order valence-electron chi connectivity index (χ1n) is 10.7. The van der Waals surface area contributed by atoms with Crippen molar-refractivity contribution in [2.24, 2.45) is 13.0 Å². The number of fused-ring (bicyclic) bond motifs is 1. The van der Waals surface area contributed by atoms with Crippen molar-refractivity contribution in [1.29, 1.82) is 0 Å². The molecule has 2 aliphatic rings. The van der Waals surface area contributed by atoms with E-state index in [-0.39, 0.29) is 5.41 Å². The number of piperidine rings is 1. The van der Waals surface area contributed by atoms with Crippen LogP contribution in [0.5, 0.6) is 0 Å². The maximum Gasteiger partial charge on any atom is 0.416 e. The fourth-order valence-electron chi connectivity index (χ4n) is 4.83. The van der Waals surface area contributed by atoms with E-state index in [1.54, 1.807) is 36.3 Å². The van der Waals surface area contributed by atoms with E-state index in [0.717, 1.165) is 60.3 Å². The van der Waals surface area contributed by atoms with E-state index in [9.17, 15) is 13.2 Å². The molecule has 2 fully saturated rings. The summed E-state index contributed by atoms with van der Waals surface area (Å²) in [5.74, 6) is 2.30. The molecule has 0 N–H and O–H groups in total. The highest BCUT2D eigenvalue weighted by Gasteiger charge is 2.60. The van der Waals surface area contributed by atoms with Crippen LogP contribution in [0.2, 0.25) is 0 Å². The van der Waals surface area contributed by atoms with E-state index in [1.807, 2.05) is 23.7 Å². The Morgan fingerprint density at radius 3 is 2.69 bits per heavy atom. The fourth-order valence-corrected chi connectivity index (χ4v) is 5.67. The van der Waals surface area contributed by atoms with Crippen LogP contribution in [0.1, 0.15) is 24.0 Å². The fraction of sp³-hybridized carbons (Fsp3) is 0.435. The lowest BCUT2D eigenvalue weighted by atomic mass is 9.94. The second-order valence-electron chi connectivity index (χ2n) is 8.68. The summed E-state index contributed by atoms with van der Waals surface area (Å²) in [5, 5.41) is 9.49. The Balaban J connectivity index is 1.12. The van der Waals surface area contributed by atoms with Crippen molar-refractivity contribution in [3.63, 3.8) is 0 Å². The van der Waals surface area contributed by atoms with Gasteiger partial charge in [-0.15, -0.1) is 10.2 Å². The number of nitrogens with zero attached hydrogens (tertiary/aromatic N) is 5. The molecule has 0 unspecified atom stereocenters. The number of aromatic nitrogens is 4. The molecule has 1 saturated heterocycles. The number of alkyl halides is 3. The van der Waals surface area contributed by atoms with Crippen LogP contribution >= 0.6 is 11.8 Å². The molecule has 0 amide bonds. The van der Waals surface area contributed by atoms with Crippen LogP contribution in [0.25, 0.3) is 11.4 Å². The molecular formula is C23H24F3N5S. The number of thioether (sulfide) groups is 1. The number of halogens is 3. The largest absolute Gasteiger partial charge is 0.416 e. The zero-order chi connectivity index (χ0) is 22.3. The molecule has 0 bridgehead atoms. The number of hydrogen-bond acceptors (Lipinski definition) is 5. The maximum atomic E-state index is 12.9. The third-order valence-corrected chi connectivity index (χ3v) is 7.71. The third-order valence-electron chi connectivity index (χ3n) is 6.61. The summed E-state index contributed by atoms with van der Waals surface area (Å²) in [5.41, 5.74) is 1.48. The van der Waals surface area contributed by atoms with Gasteiger partial charge in [0, 0.05) is 49.3 Å². The smallest absolute Gasteiger partial charge is 0.305 e. The van der Waals surface area contributed by atoms with Gasteiger partial charge in [0.15, 0.2) is 11.0 Å². The molecule has 1 saturated carbocycles. The number of rotatable bonds is 7. The van der Waals surface area contributed by atoms with Crippen LogP contribution in [0, 0.1) is 5.92 Å². The minimum absolute atomic E-state index is 0.0550. The molecule has 9 heteroatoms. The average molecular weight is 460 g/mol. The summed E-state index contributed by atoms with van der Waals surface area (Å²) >= 11 is 1.69. The summed E-state index contributed by atoms with van der Waals surface area (Å²) in [4.78, 5) is 6.59. The van der Waals surface area contributed by atoms with E-state index in [1.165, 1.54) is 12.1 Å². The molecule has 1 aromatic carbocycles. The van der Waals surface area contributed by atoms with Crippen LogP contribution in [-0.4, -0.2) is 50.0 Å². The lowest BCUT2D eigenvalue weighted by molar-refractivity contribution is -0.137. The first-order chi connectivity index (χ1) is 15.4. The number of pyridine rings is 1. The highest BCUT2D eigenvalue weighted by atomic mass is 32.2. The molecule has 5 rings (SSSR count). The minimum Gasteiger partial charge on any atom is -0.305 e. The van der Waals surface area contributed by atoms with Gasteiger partial charge in [0.25, 0.3) is 0 Å². The van der Waals surface area contributed by atoms with Gasteiger partial charge in [-0.1, -0.05) is 23.9 Å². The van der Waals surface area contributed by atoms with Crippen LogP contribution in [0.3, 0.4) is 0 Å². The first-order valence-corrected chi connectivity index (χ1v) is 11.7. The molecule has 3 aromatic rings. The van der Waals surface area contributed by atoms with Crippen LogP contribution in [0.4, 0.5) is 13.2 Å². The van der Waals surface area contributed by atoms with Crippen molar-refractivity contribution in [2.75, 3.05) is 25.4 Å². The standard InChI is InChI=1S/C23H24F3N5S/c1-30-20(16-4-2-9-27-13-16)28-29-21(30)32-11-3-10-31-14-19-12-22(19,15-31)17-5-7-18(8-6-17)23(24,25)26/h2,4-9,13,19H,3,10-12,14-15H2,1H3/t19-,22+/m0/s1. The van der Waals surface area contributed by atoms with Crippen molar-refractivity contribution in [1.82, 2.24) is 24.6 Å². The number of likely N-dealkylation sites (tertiary alicyclic amines) is 1. The molecule has 3 heterocycles. The van der Waals surface area contributed by atoms with Gasteiger partial charge in [-0.05, 0) is 55.1 Å². The van der Waals surface area contributed by atoms with Crippen molar-refractivity contribution in [2.45, 2.75) is 29.6 Å². The SMILES string of the molecule is Cn1c(SCCCN2C[C@@H]3C[C@]3(c3ccc(C(F)(F)F)cc3)C2)nnc1-c1cccnc1. The molecule has 5 nitrogen and oxygen atoms in total. The predicted molar refractivity (Wildman–Crippen MR) is 117 cm³/mol. The average Bonchev–Trinajstić information content (AvgIpc) is 3.16. The Morgan fingerprint density at radius 1 is 1.16 bits per heavy atom. The molecule has 2 atom stereocenters. The Labute approximate surface area is 189 Å². The Morgan fingerprint density at radius 2 is 1.97 bits per heavy atom. The summed E-state index contributed by atoms with van der Waals surface area (Å²) < 4.78 is 40.5. The molecule has 32 heavy (non-hydrogen) atoms. The van der Waals surface area contributed by atoms with Crippen LogP contribution < -0.4 is 0 Å². The van der Waals surface area contributed by atoms with E-state index >= 15 is 0 Å². The monoisotopic (exact) mass is 459 g/mol. The zero-order valence-electron chi connectivity index (χ0n) is 17.7. The van der Waals surface area contributed by atoms with Crippen molar-refractivity contribution in [3.8, 4) is 11.4 Å². The van der Waals surface area contributed by atoms with Gasteiger partial charge in [-0.3, -0.25) is 4.98 Å². The maximum absolute atomic E-state index is 12.9. The van der Waals surface area contributed by atoms with Crippen molar-refractivity contribution >= 4 is 11.8 Å². The molecule has 168 valence electrons. The van der Waals surface area contributed by atoms with Gasteiger partial charge in [-0.25, -0.2) is 0 Å². The molecular weight excluding hydrogens is 435 g/mol. The minimum atomic E-state index is -4.28. The lowest BCUT2D eigenvalue weighted by Gasteiger charge is -2.21. The van der Waals surface area contributed by atoms with E-state index in [4.69, 9.17) is 0 Å². The second kappa shape index (κ2) is 8.19. The van der Waals surface area contributed by atoms with Gasteiger partial charge in [-0.2, -0.15) is 13.2 Å². The normalized spacial score (nSPS) is 22.8. The van der Waals surface area contributed by atoms with Gasteiger partial charge in [0.05, 0.1) is 5.56 Å². The van der Waals surface area contributed by atoms with Crippen molar-refractivity contribution in [3.05, 3.63) is 59.9 Å². The Bertz CT molecular complexity index is 1080. The molecule has 0 spiro atoms. The summed E-state index contributed by atoms with van der Waals surface area (Å²) in [7, 11) is 1.96. The second-order valence-corrected chi connectivity index (χ2v) is 9.74. The number of hydrogen-bond donors (Lipinski definition) is 0. The van der Waals surface area contributed by atoms with Gasteiger partial charge < -0.3 is 9.47 Å². The van der Waals surface area contributed by atoms with Crippen LogP contribution in [0.15, 0.2) is 53.9 Å². The molecule has 1 aliphatic heterocycles. The summed E-state index contributed by atoms with van der Waals surface area (Å²) in [6, 6.07) is 9.65. The van der Waals surface area contributed by atoms with Gasteiger partial charge in [0.1, 0.15) is 0 Å². The van der Waals surface area contributed by atoms with E-state index in [0.29, 0.717) is 5.92 Å². The van der Waals surface area contributed by atoms with Gasteiger partial charge in [0.2, 0.25) is 0 Å². The highest BCUT2D eigenvalue weighted by molar-refractivity contribution is 7.99. The Hall–Kier alpha value is -2.39. The molecule has 0 radical (unpaired) electrons. The zero-order valence-corrected chi connectivity index (χ0v) is 18.5. The quantitative estimate of drug-likeness (QED) is 0.380. The molecule has 2 aromatic heterocycles. The number of benzene rings is 1. The first kappa shape index (κ1) is 21.5. The highest BCUT2D eigenvalue weighted by Crippen LogP contribution is 2.59. The third kappa shape index (κ3) is 4.03. The van der Waals surface area contributed by atoms with E-state index < -0.39 is 11.7 Å². The van der Waals surface area contributed by atoms with Crippen molar-refractivity contribution < 1.29 is 13.2 Å². The summed E-state index contributed by atoms with van der Waals surface area (Å²) in [6.45, 7) is 2.95. The van der Waals surface area contributed by atoms with E-state index in [2.05, 4.69) is 20.1 Å². The lowest BCUT2D eigenvalue weighted by Crippen LogP contribution is -2.28. The molecule has 1 aliphatic carbocycles.